The molecule has 2 aromatic carbocycles. The van der Waals surface area contributed by atoms with Gasteiger partial charge in [-0.25, -0.2) is 0 Å². The van der Waals surface area contributed by atoms with E-state index in [0.717, 1.165) is 21.0 Å². The first kappa shape index (κ1) is 14.1. The fraction of sp³-hybridized carbons (Fsp3) is 0.0667. The lowest BCUT2D eigenvalue weighted by molar-refractivity contribution is 0.411. The highest BCUT2D eigenvalue weighted by atomic mass is 79.9. The van der Waals surface area contributed by atoms with Crippen molar-refractivity contribution in [3.63, 3.8) is 0 Å². The fourth-order valence-electron chi connectivity index (χ4n) is 1.92. The van der Waals surface area contributed by atoms with E-state index in [0.29, 0.717) is 16.8 Å². The van der Waals surface area contributed by atoms with Crippen LogP contribution in [-0.4, -0.2) is 17.3 Å². The van der Waals surface area contributed by atoms with Crippen molar-refractivity contribution in [2.24, 2.45) is 0 Å². The Morgan fingerprint density at radius 1 is 1.05 bits per heavy atom. The van der Waals surface area contributed by atoms with Crippen molar-refractivity contribution in [2.45, 2.75) is 0 Å². The van der Waals surface area contributed by atoms with E-state index in [9.17, 15) is 0 Å². The Bertz CT molecular complexity index is 811. The minimum Gasteiger partial charge on any atom is -0.497 e. The van der Waals surface area contributed by atoms with Gasteiger partial charge in [0.1, 0.15) is 11.5 Å². The van der Waals surface area contributed by atoms with Crippen LogP contribution in [0.2, 0.25) is 5.15 Å². The van der Waals surface area contributed by atoms with Crippen LogP contribution in [0, 0.1) is 0 Å². The van der Waals surface area contributed by atoms with E-state index in [2.05, 4.69) is 26.1 Å². The van der Waals surface area contributed by atoms with E-state index in [1.807, 2.05) is 36.4 Å². The maximum atomic E-state index is 6.05. The molecule has 21 heavy (non-hydrogen) atoms. The first-order chi connectivity index (χ1) is 10.2. The average Bonchev–Trinajstić information content (AvgIpc) is 2.52. The molecular formula is C15H10BrClN2O2. The van der Waals surface area contributed by atoms with Gasteiger partial charge in [-0.2, -0.15) is 0 Å². The van der Waals surface area contributed by atoms with Gasteiger partial charge in [0.2, 0.25) is 5.88 Å². The molecule has 0 saturated heterocycles. The highest BCUT2D eigenvalue weighted by Crippen LogP contribution is 2.35. The van der Waals surface area contributed by atoms with Gasteiger partial charge in [-0.1, -0.05) is 29.8 Å². The van der Waals surface area contributed by atoms with Crippen LogP contribution in [0.25, 0.3) is 10.8 Å². The van der Waals surface area contributed by atoms with Crippen molar-refractivity contribution in [1.82, 2.24) is 10.2 Å². The molecule has 0 bridgehead atoms. The number of hydrogen-bond acceptors (Lipinski definition) is 4. The van der Waals surface area contributed by atoms with E-state index >= 15 is 0 Å². The highest BCUT2D eigenvalue weighted by Gasteiger charge is 2.11. The number of benzene rings is 2. The van der Waals surface area contributed by atoms with Crippen molar-refractivity contribution in [3.8, 4) is 17.4 Å². The molecule has 0 unspecified atom stereocenters. The molecule has 0 fully saturated rings. The summed E-state index contributed by atoms with van der Waals surface area (Å²) in [6, 6.07) is 13.0. The summed E-state index contributed by atoms with van der Waals surface area (Å²) in [5, 5.41) is 9.91. The second kappa shape index (κ2) is 5.87. The van der Waals surface area contributed by atoms with Crippen LogP contribution in [0.4, 0.5) is 0 Å². The number of rotatable bonds is 3. The minimum atomic E-state index is 0.353. The van der Waals surface area contributed by atoms with E-state index in [4.69, 9.17) is 21.1 Å². The maximum Gasteiger partial charge on any atom is 0.246 e. The summed E-state index contributed by atoms with van der Waals surface area (Å²) in [7, 11) is 1.61. The Kier molecular flexibility index (Phi) is 3.94. The molecule has 3 rings (SSSR count). The number of aromatic nitrogens is 2. The second-order valence-corrected chi connectivity index (χ2v) is 5.45. The van der Waals surface area contributed by atoms with Gasteiger partial charge < -0.3 is 9.47 Å². The molecular weight excluding hydrogens is 356 g/mol. The molecule has 0 amide bonds. The predicted molar refractivity (Wildman–Crippen MR) is 85.3 cm³/mol. The molecule has 1 aromatic heterocycles. The molecule has 6 heteroatoms. The van der Waals surface area contributed by atoms with E-state index < -0.39 is 0 Å². The predicted octanol–water partition coefficient (Wildman–Crippen LogP) is 4.85. The summed E-state index contributed by atoms with van der Waals surface area (Å²) in [6.45, 7) is 0. The summed E-state index contributed by atoms with van der Waals surface area (Å²) in [5.41, 5.74) is 0. The number of fused-ring (bicyclic) bond motifs is 1. The molecule has 106 valence electrons. The van der Waals surface area contributed by atoms with Gasteiger partial charge in [-0.3, -0.25) is 0 Å². The molecule has 1 heterocycles. The molecule has 0 aliphatic rings. The number of hydrogen-bond donors (Lipinski definition) is 0. The van der Waals surface area contributed by atoms with Crippen molar-refractivity contribution >= 4 is 38.3 Å². The molecule has 0 N–H and O–H groups in total. The number of nitrogens with zero attached hydrogens (tertiary/aromatic N) is 2. The molecule has 0 aliphatic heterocycles. The summed E-state index contributed by atoms with van der Waals surface area (Å²) in [5.74, 6) is 1.76. The van der Waals surface area contributed by atoms with Gasteiger partial charge in [0.15, 0.2) is 5.15 Å². The quantitative estimate of drug-likeness (QED) is 0.666. The van der Waals surface area contributed by atoms with Crippen LogP contribution in [0.5, 0.6) is 17.4 Å². The van der Waals surface area contributed by atoms with E-state index in [1.54, 1.807) is 13.2 Å². The number of ether oxygens (including phenoxy) is 2. The number of methoxy groups -OCH3 is 1. The summed E-state index contributed by atoms with van der Waals surface area (Å²) in [6.07, 6.45) is 0. The topological polar surface area (TPSA) is 44.2 Å². The Labute approximate surface area is 134 Å². The van der Waals surface area contributed by atoms with Crippen molar-refractivity contribution in [1.29, 1.82) is 0 Å². The first-order valence-electron chi connectivity index (χ1n) is 6.11. The van der Waals surface area contributed by atoms with Crippen LogP contribution in [0.15, 0.2) is 46.9 Å². The van der Waals surface area contributed by atoms with Crippen molar-refractivity contribution in [3.05, 3.63) is 52.1 Å². The lowest BCUT2D eigenvalue weighted by Crippen LogP contribution is -1.94. The summed E-state index contributed by atoms with van der Waals surface area (Å²) >= 11 is 9.49. The van der Waals surface area contributed by atoms with Gasteiger partial charge in [0, 0.05) is 10.8 Å². The zero-order valence-corrected chi connectivity index (χ0v) is 13.4. The zero-order chi connectivity index (χ0) is 14.8. The van der Waals surface area contributed by atoms with Gasteiger partial charge in [-0.05, 0) is 40.2 Å². The van der Waals surface area contributed by atoms with Crippen LogP contribution >= 0.6 is 27.5 Å². The third kappa shape index (κ3) is 2.80. The van der Waals surface area contributed by atoms with Crippen LogP contribution in [-0.2, 0) is 0 Å². The molecule has 3 aromatic rings. The van der Waals surface area contributed by atoms with E-state index in [1.165, 1.54) is 0 Å². The molecule has 0 atom stereocenters. The lowest BCUT2D eigenvalue weighted by atomic mass is 10.2. The first-order valence-corrected chi connectivity index (χ1v) is 7.28. The largest absolute Gasteiger partial charge is 0.497 e. The zero-order valence-electron chi connectivity index (χ0n) is 11.0. The third-order valence-electron chi connectivity index (χ3n) is 2.95. The molecule has 0 spiro atoms. The summed E-state index contributed by atoms with van der Waals surface area (Å²) in [4.78, 5) is 0. The van der Waals surface area contributed by atoms with Gasteiger partial charge in [0.25, 0.3) is 0 Å². The van der Waals surface area contributed by atoms with Crippen LogP contribution < -0.4 is 9.47 Å². The average molecular weight is 366 g/mol. The summed E-state index contributed by atoms with van der Waals surface area (Å²) < 4.78 is 11.8. The highest BCUT2D eigenvalue weighted by molar-refractivity contribution is 9.10. The fourth-order valence-corrected chi connectivity index (χ4v) is 2.56. The van der Waals surface area contributed by atoms with Crippen molar-refractivity contribution in [2.75, 3.05) is 7.11 Å². The van der Waals surface area contributed by atoms with Crippen LogP contribution in [0.1, 0.15) is 0 Å². The normalized spacial score (nSPS) is 10.6. The Hall–Kier alpha value is -1.85. The smallest absolute Gasteiger partial charge is 0.246 e. The minimum absolute atomic E-state index is 0.353. The monoisotopic (exact) mass is 364 g/mol. The molecule has 4 nitrogen and oxygen atoms in total. The van der Waals surface area contributed by atoms with Gasteiger partial charge in [-0.15, -0.1) is 10.2 Å². The standard InChI is InChI=1S/C15H10BrClN2O2/c1-20-9-6-7-13(12(16)8-9)21-15-11-5-3-2-4-10(11)14(17)18-19-15/h2-8H,1H3. The van der Waals surface area contributed by atoms with Crippen molar-refractivity contribution < 1.29 is 9.47 Å². The maximum absolute atomic E-state index is 6.05. The van der Waals surface area contributed by atoms with E-state index in [-0.39, 0.29) is 0 Å². The second-order valence-electron chi connectivity index (χ2n) is 4.24. The Morgan fingerprint density at radius 3 is 2.52 bits per heavy atom. The van der Waals surface area contributed by atoms with Gasteiger partial charge in [0.05, 0.1) is 11.6 Å². The SMILES string of the molecule is COc1ccc(Oc2nnc(Cl)c3ccccc23)c(Br)c1. The van der Waals surface area contributed by atoms with Gasteiger partial charge >= 0.3 is 0 Å². The van der Waals surface area contributed by atoms with Crippen LogP contribution in [0.3, 0.4) is 0 Å². The molecule has 0 radical (unpaired) electrons. The molecule has 0 aliphatic carbocycles. The molecule has 0 saturated carbocycles. The Balaban J connectivity index is 2.04. The third-order valence-corrected chi connectivity index (χ3v) is 3.85. The number of halogens is 2. The lowest BCUT2D eigenvalue weighted by Gasteiger charge is -2.10. The Morgan fingerprint density at radius 2 is 1.81 bits per heavy atom.